The van der Waals surface area contributed by atoms with E-state index in [0.717, 1.165) is 36.1 Å². The number of amides is 17. The van der Waals surface area contributed by atoms with Crippen molar-refractivity contribution in [1.29, 1.82) is 5.41 Å². The number of primary amides is 2. The van der Waals surface area contributed by atoms with Crippen molar-refractivity contribution in [3.8, 4) is 5.75 Å². The van der Waals surface area contributed by atoms with Crippen molar-refractivity contribution in [2.45, 2.75) is 228 Å². The lowest BCUT2D eigenvalue weighted by atomic mass is 10.00. The Labute approximate surface area is 777 Å². The Balaban J connectivity index is 1.08. The Bertz CT molecular complexity index is 5190. The second-order valence-corrected chi connectivity index (χ2v) is 36.1. The first-order valence-electron chi connectivity index (χ1n) is 44.3. The molecule has 15 atom stereocenters. The van der Waals surface area contributed by atoms with Crippen LogP contribution >= 0.6 is 23.1 Å². The number of carbonyl (C=O) groups is 17. The first kappa shape index (κ1) is 103. The molecule has 3 aromatic heterocycles. The Morgan fingerprint density at radius 2 is 1.17 bits per heavy atom. The second kappa shape index (κ2) is 48.8. The Kier molecular flexibility index (Phi) is 37.9. The van der Waals surface area contributed by atoms with Gasteiger partial charge < -0.3 is 120 Å². The number of nitrogens with zero attached hydrogens (tertiary/aromatic N) is 6. The van der Waals surface area contributed by atoms with Crippen molar-refractivity contribution in [2.75, 3.05) is 58.9 Å². The van der Waals surface area contributed by atoms with E-state index >= 15 is 38.4 Å². The maximum absolute atomic E-state index is 15.5. The molecule has 42 nitrogen and oxygen atoms in total. The molecule has 3 aliphatic heterocycles. The first-order valence-corrected chi connectivity index (χ1v) is 46.3. The summed E-state index contributed by atoms with van der Waals surface area (Å²) >= 11 is 2.11. The normalized spacial score (nSPS) is 25.0. The van der Waals surface area contributed by atoms with Gasteiger partial charge in [0.2, 0.25) is 100 Å². The number of phenolic OH excluding ortho intramolecular Hbond substituents is 1. The van der Waals surface area contributed by atoms with E-state index in [2.05, 4.69) is 73.4 Å². The number of imidazole rings is 1. The van der Waals surface area contributed by atoms with Gasteiger partial charge in [-0.05, 0) is 130 Å². The highest BCUT2D eigenvalue weighted by atomic mass is 32.2. The first-order chi connectivity index (χ1) is 63.3. The molecule has 22 N–H and O–H groups in total. The van der Waals surface area contributed by atoms with Crippen LogP contribution in [0.15, 0.2) is 96.9 Å². The van der Waals surface area contributed by atoms with Gasteiger partial charge in [-0.3, -0.25) is 86.9 Å². The average Bonchev–Trinajstić information content (AvgIpc) is 1.66. The number of hydrogen-bond donors (Lipinski definition) is 19. The molecule has 0 spiro atoms. The lowest BCUT2D eigenvalue weighted by Gasteiger charge is -2.35. The number of aromatic nitrogens is 3. The molecular formula is C89H123N23O19S2. The third kappa shape index (κ3) is 28.4. The predicted molar refractivity (Wildman–Crippen MR) is 493 cm³/mol. The summed E-state index contributed by atoms with van der Waals surface area (Å²) in [6, 6.07) is -1.98. The lowest BCUT2D eigenvalue weighted by molar-refractivity contribution is -0.148. The van der Waals surface area contributed by atoms with E-state index in [0.29, 0.717) is 51.5 Å². The van der Waals surface area contributed by atoms with Crippen molar-refractivity contribution in [2.24, 2.45) is 23.1 Å². The summed E-state index contributed by atoms with van der Waals surface area (Å²) in [5.74, 6) is -17.4. The van der Waals surface area contributed by atoms with Crippen LogP contribution in [-0.2, 0) is 107 Å². The van der Waals surface area contributed by atoms with E-state index in [1.54, 1.807) is 62.7 Å². The quantitative estimate of drug-likeness (QED) is 0.0188. The van der Waals surface area contributed by atoms with Crippen LogP contribution in [0.25, 0.3) is 21.0 Å². The van der Waals surface area contributed by atoms with Gasteiger partial charge in [0.1, 0.15) is 90.3 Å². The lowest BCUT2D eigenvalue weighted by Crippen LogP contribution is -2.62. The highest BCUT2D eigenvalue weighted by Crippen LogP contribution is 2.31. The monoisotopic (exact) mass is 1880 g/mol. The Morgan fingerprint density at radius 1 is 0.571 bits per heavy atom. The molecule has 0 bridgehead atoms. The molecule has 1 unspecified atom stereocenters. The number of aliphatic hydroxyl groups excluding tert-OH is 1. The van der Waals surface area contributed by atoms with Gasteiger partial charge in [-0.2, -0.15) is 0 Å². The fraction of sp³-hybridized carbons (Fsp3) is 0.517. The summed E-state index contributed by atoms with van der Waals surface area (Å²) in [7, 11) is 3.84. The number of guanidine groups is 1. The van der Waals surface area contributed by atoms with Crippen molar-refractivity contribution >= 4 is 150 Å². The summed E-state index contributed by atoms with van der Waals surface area (Å²) in [6.07, 6.45) is 3.71. The molecular weight excluding hydrogens is 1760 g/mol. The Morgan fingerprint density at radius 3 is 1.83 bits per heavy atom. The number of aliphatic hydroxyl groups is 1. The van der Waals surface area contributed by atoms with Gasteiger partial charge in [0.25, 0.3) is 0 Å². The Hall–Kier alpha value is -13.3. The van der Waals surface area contributed by atoms with Crippen molar-refractivity contribution < 1.29 is 91.7 Å². The largest absolute Gasteiger partial charge is 0.508 e. The number of aromatic amines is 2. The molecule has 9 rings (SSSR count). The molecule has 3 aliphatic rings. The highest BCUT2D eigenvalue weighted by molar-refractivity contribution is 8.00. The number of phenols is 1. The van der Waals surface area contributed by atoms with Crippen molar-refractivity contribution in [1.82, 2.24) is 97.9 Å². The van der Waals surface area contributed by atoms with Crippen molar-refractivity contribution in [3.05, 3.63) is 119 Å². The number of aromatic hydroxyl groups is 1. The number of fused-ring (bicyclic) bond motifs is 4. The highest BCUT2D eigenvalue weighted by Gasteiger charge is 2.47. The summed E-state index contributed by atoms with van der Waals surface area (Å²) < 4.78 is 0.818. The van der Waals surface area contributed by atoms with Gasteiger partial charge in [-0.25, -0.2) is 4.98 Å². The van der Waals surface area contributed by atoms with E-state index in [4.69, 9.17) is 22.6 Å². The van der Waals surface area contributed by atoms with Gasteiger partial charge in [-0.15, -0.1) is 23.1 Å². The van der Waals surface area contributed by atoms with Crippen LogP contribution in [0.5, 0.6) is 5.75 Å². The number of benzene rings is 3. The maximum atomic E-state index is 15.5. The molecule has 3 aromatic carbocycles. The van der Waals surface area contributed by atoms with Gasteiger partial charge in [-0.1, -0.05) is 82.1 Å². The number of para-hydroxylation sites is 1. The van der Waals surface area contributed by atoms with E-state index in [1.807, 2.05) is 25.1 Å². The molecule has 6 aromatic rings. The molecule has 0 radical (unpaired) electrons. The second-order valence-electron chi connectivity index (χ2n) is 34.2. The number of hydrogen-bond acceptors (Lipinski definition) is 23. The summed E-state index contributed by atoms with van der Waals surface area (Å²) in [5, 5.41) is 61.6. The topological polar surface area (TPSA) is 626 Å². The number of thioether (sulfide) groups is 1. The summed E-state index contributed by atoms with van der Waals surface area (Å²) in [5.41, 5.74) is 19.3. The third-order valence-corrected chi connectivity index (χ3v) is 26.0. The molecule has 17 amide bonds. The van der Waals surface area contributed by atoms with Crippen LogP contribution in [-0.4, -0.2) is 306 Å². The van der Waals surface area contributed by atoms with Gasteiger partial charge in [0.05, 0.1) is 31.7 Å². The standard InChI is InChI=1S/C89H123N23O19S2/c1-10-11-22-68-81(124)100-59(21-16-31-95-89(92)93)77(120)107-67(76(119)97-41-73(91)116)44-132-45-74(117)99-63(34-51-26-28-55(114)29-27-51)85(128)108(7)49(5)75(118)103-65(38-72(90)115)87(130)111-32-17-23-69(111)82(125)102-61(37-54-40-94-46-98-54)79(122)104-62(33-47(2)3)88(131)112-48(4)25-30-70(112)83(126)101-60(35-52-39-96-58-20-14-12-18-56(52)58)78(121)106-66(42-113)80(123)105-64(86(129)109(8)50(6)84(127)110(68)9)36-53-43-133-71-24-15-13-19-57(53)71/h12-15,18-20,24,26-29,39-40,43,46-50,59-70,96,113-114H,10-11,16-17,21-23,25,30-38,41-42,44-45H2,1-9H3,(H2,90,115)(H2,91,116)(H,94,98)(H,97,119)(H,99,117)(H,100,124)(H,101,126)(H,102,125)(H,103,118)(H,104,122)(H,105,123)(H,106,121)(H,107,120)(H4,92,93,95)/t48-,49-,50-,59-,60-,61-,62-,63-,64-,65-,66-,67?,68-,69-,70-/m0/s1. The average molecular weight is 1880 g/mol. The van der Waals surface area contributed by atoms with E-state index in [9.17, 15) is 53.4 Å². The molecule has 0 aliphatic carbocycles. The summed E-state index contributed by atoms with van der Waals surface area (Å²) in [4.78, 5) is 265. The minimum Gasteiger partial charge on any atom is -0.508 e. The molecule has 720 valence electrons. The van der Waals surface area contributed by atoms with Gasteiger partial charge >= 0.3 is 0 Å². The zero-order chi connectivity index (χ0) is 97.2. The zero-order valence-corrected chi connectivity index (χ0v) is 77.5. The van der Waals surface area contributed by atoms with E-state index in [1.165, 1.54) is 88.0 Å². The number of nitrogens with two attached hydrogens (primary N) is 3. The maximum Gasteiger partial charge on any atom is 0.246 e. The molecule has 133 heavy (non-hydrogen) atoms. The zero-order valence-electron chi connectivity index (χ0n) is 75.9. The van der Waals surface area contributed by atoms with Gasteiger partial charge in [0, 0.05) is 105 Å². The SMILES string of the molecule is CCCC[C@H]1C(=O)N[C@@H](CCCNC(=N)N)C(=O)NC(C(=O)NCC(N)=O)CSCC(=O)N[C@@H](Cc2ccc(O)cc2)C(=O)N(C)[C@@H](C)C(=O)N[C@@H](CC(N)=O)C(=O)N2CCC[C@H]2C(=O)N[C@@H](Cc2cnc[nH]2)C(=O)N[C@@H](CC(C)C)C(=O)N2[C@@H](C)CC[C@H]2C(=O)N[C@@H](Cc2c[nH]c3ccccc23)C(=O)N[C@@H](CO)C(=O)N[C@@H](Cc2csc3ccccc23)C(=O)N(C)[C@@H](C)C(=O)N1C. The van der Waals surface area contributed by atoms with E-state index < -0.39 is 228 Å². The summed E-state index contributed by atoms with van der Waals surface area (Å²) in [6.45, 7) is 7.89. The minimum atomic E-state index is -1.84. The van der Waals surface area contributed by atoms with Crippen LogP contribution < -0.4 is 75.7 Å². The van der Waals surface area contributed by atoms with Crippen LogP contribution in [0.2, 0.25) is 0 Å². The number of rotatable bonds is 23. The van der Waals surface area contributed by atoms with Crippen LogP contribution in [0.4, 0.5) is 0 Å². The van der Waals surface area contributed by atoms with Gasteiger partial charge in [0.15, 0.2) is 5.96 Å². The molecule has 44 heteroatoms. The predicted octanol–water partition coefficient (Wildman–Crippen LogP) is -1.95. The minimum absolute atomic E-state index is 0.00473. The molecule has 0 saturated carbocycles. The number of unbranched alkanes of at least 4 members (excludes halogenated alkanes) is 1. The van der Waals surface area contributed by atoms with Crippen LogP contribution in [0, 0.1) is 11.3 Å². The number of nitrogens with one attached hydrogen (secondary N) is 14. The molecule has 6 heterocycles. The molecule has 3 saturated heterocycles. The third-order valence-electron chi connectivity index (χ3n) is 23.9. The molecule has 3 fully saturated rings. The van der Waals surface area contributed by atoms with Crippen molar-refractivity contribution in [3.63, 3.8) is 0 Å². The number of thiophene rings is 1. The van der Waals surface area contributed by atoms with Crippen LogP contribution in [0.1, 0.15) is 135 Å². The smallest absolute Gasteiger partial charge is 0.246 e. The number of likely N-dealkylation sites (N-methyl/N-ethyl adjacent to an activating group) is 3. The fourth-order valence-electron chi connectivity index (χ4n) is 16.3. The van der Waals surface area contributed by atoms with E-state index in [-0.39, 0.29) is 102 Å². The number of carbonyl (C=O) groups excluding carboxylic acids is 17. The number of H-pyrrole nitrogens is 2. The fourth-order valence-corrected chi connectivity index (χ4v) is 18.2. The van der Waals surface area contributed by atoms with Crippen LogP contribution in [0.3, 0.4) is 0 Å².